The Balaban J connectivity index is -0.000000563. The van der Waals surface area contributed by atoms with Crippen molar-refractivity contribution >= 4 is 33.1 Å². The number of carbonyl (C=O) groups excluding carboxylic acids is 2. The zero-order valence-corrected chi connectivity index (χ0v) is 25.8. The van der Waals surface area contributed by atoms with Crippen molar-refractivity contribution < 1.29 is 19.8 Å². The molecule has 2 N–H and O–H groups in total. The molecule has 0 unspecified atom stereocenters. The van der Waals surface area contributed by atoms with Crippen molar-refractivity contribution in [1.29, 1.82) is 0 Å². The summed E-state index contributed by atoms with van der Waals surface area (Å²) in [6, 6.07) is 0. The topological polar surface area (TPSA) is 106 Å². The minimum atomic E-state index is -1.22. The molecule has 0 aliphatic carbocycles. The fourth-order valence-electron chi connectivity index (χ4n) is 3.37. The molecular formula is C28H57NO4Sn. The maximum atomic E-state index is 10.2. The number of hydrogen-bond acceptors (Lipinski definition) is 5. The first-order chi connectivity index (χ1) is 16.5. The first-order valence-corrected chi connectivity index (χ1v) is 18.3. The van der Waals surface area contributed by atoms with Crippen LogP contribution in [0.2, 0.25) is 8.87 Å². The van der Waals surface area contributed by atoms with Gasteiger partial charge >= 0.3 is 69.5 Å². The quantitative estimate of drug-likeness (QED) is 0.119. The van der Waals surface area contributed by atoms with Crippen LogP contribution in [0.25, 0.3) is 0 Å². The number of rotatable bonds is 23. The van der Waals surface area contributed by atoms with Crippen LogP contribution in [0, 0.1) is 0 Å². The molecule has 0 heterocycles. The molecule has 6 heteroatoms. The zero-order valence-electron chi connectivity index (χ0n) is 23.0. The average molecular weight is 590 g/mol. The maximum Gasteiger partial charge on any atom is 0.0550 e. The van der Waals surface area contributed by atoms with Crippen LogP contribution in [0.1, 0.15) is 149 Å². The molecule has 0 aromatic rings. The third kappa shape index (κ3) is 49.0. The van der Waals surface area contributed by atoms with Crippen molar-refractivity contribution in [2.24, 2.45) is 5.73 Å². The van der Waals surface area contributed by atoms with E-state index in [2.05, 4.69) is 26.5 Å². The van der Waals surface area contributed by atoms with Crippen molar-refractivity contribution in [3.05, 3.63) is 0 Å². The van der Waals surface area contributed by atoms with E-state index in [1.807, 2.05) is 0 Å². The molecule has 0 amide bonds. The van der Waals surface area contributed by atoms with Gasteiger partial charge in [-0.05, 0) is 12.8 Å². The predicted octanol–water partition coefficient (Wildman–Crippen LogP) is 5.82. The summed E-state index contributed by atoms with van der Waals surface area (Å²) < 4.78 is 3.25. The second kappa shape index (κ2) is 37.3. The molecule has 0 spiro atoms. The standard InChI is InChI=1S/C18H36O2.2C4H9.C2H5NO2.Sn/c1-2-3-4-5-6-7-8-9-10-11-12-13-14-15-16-17-18(19)20;2*1-3-4-2;3-1-2(4)5;/h2-17H2,1H3,(H,19,20);2*1,3-4H2,2H3;1,3H2,(H,4,5);/q;;;;+2/p-2. The average Bonchev–Trinajstić information content (AvgIpc) is 2.82. The smallest absolute Gasteiger partial charge is 0.0550 e. The fraction of sp³-hybridized carbons (Fsp3) is 0.929. The molecule has 0 radical (unpaired) electrons. The van der Waals surface area contributed by atoms with Crippen molar-refractivity contribution in [3.63, 3.8) is 0 Å². The van der Waals surface area contributed by atoms with Gasteiger partial charge in [-0.3, -0.25) is 0 Å². The van der Waals surface area contributed by atoms with Gasteiger partial charge in [-0.1, -0.05) is 96.8 Å². The molecule has 0 saturated heterocycles. The summed E-state index contributed by atoms with van der Waals surface area (Å²) in [7, 11) is 0. The van der Waals surface area contributed by atoms with Crippen molar-refractivity contribution in [2.45, 2.75) is 158 Å². The minimum Gasteiger partial charge on any atom is -0.549 e. The number of carboxylic acid groups (broad SMARTS) is 2. The van der Waals surface area contributed by atoms with E-state index in [4.69, 9.17) is 9.90 Å². The minimum absolute atomic E-state index is 0.149. The van der Waals surface area contributed by atoms with E-state index in [-0.39, 0.29) is 34.1 Å². The number of hydrogen-bond donors (Lipinski definition) is 1. The van der Waals surface area contributed by atoms with Gasteiger partial charge in [0, 0.05) is 12.5 Å². The Bertz CT molecular complexity index is 389. The van der Waals surface area contributed by atoms with E-state index in [1.54, 1.807) is 8.87 Å². The molecule has 5 nitrogen and oxygen atoms in total. The van der Waals surface area contributed by atoms with Crippen LogP contribution in [0.15, 0.2) is 0 Å². The largest absolute Gasteiger partial charge is 0.549 e. The normalized spacial score (nSPS) is 9.88. The van der Waals surface area contributed by atoms with E-state index < -0.39 is 11.9 Å². The number of unbranched alkanes of at least 4 members (excludes halogenated alkanes) is 16. The maximum absolute atomic E-state index is 10.2. The van der Waals surface area contributed by atoms with Gasteiger partial charge in [-0.2, -0.15) is 0 Å². The number of carbonyl (C=O) groups is 2. The van der Waals surface area contributed by atoms with Crippen molar-refractivity contribution in [1.82, 2.24) is 0 Å². The molecule has 0 fully saturated rings. The number of carboxylic acids is 2. The molecule has 0 aliphatic rings. The summed E-state index contributed by atoms with van der Waals surface area (Å²) in [5, 5.41) is 19.4. The summed E-state index contributed by atoms with van der Waals surface area (Å²) in [6.45, 7) is 6.46. The first-order valence-electron chi connectivity index (χ1n) is 14.3. The molecule has 0 bridgehead atoms. The molecule has 0 aliphatic heterocycles. The SMILES string of the molecule is CCCCCCCCCCCCCCCCCC(=O)[O-].CCC[CH2][Sn+2][CH2]CCC.NCC(=O)[O-]. The summed E-state index contributed by atoms with van der Waals surface area (Å²) in [6.07, 6.45) is 25.7. The van der Waals surface area contributed by atoms with Crippen LogP contribution >= 0.6 is 0 Å². The monoisotopic (exact) mass is 591 g/mol. The predicted molar refractivity (Wildman–Crippen MR) is 144 cm³/mol. The molecule has 0 saturated carbocycles. The second-order valence-electron chi connectivity index (χ2n) is 9.10. The Morgan fingerprint density at radius 3 is 1.09 bits per heavy atom. The third-order valence-electron chi connectivity index (χ3n) is 5.57. The van der Waals surface area contributed by atoms with Gasteiger partial charge in [-0.25, -0.2) is 0 Å². The Morgan fingerprint density at radius 2 is 0.824 bits per heavy atom. The van der Waals surface area contributed by atoms with Gasteiger partial charge in [0.15, 0.2) is 0 Å². The summed E-state index contributed by atoms with van der Waals surface area (Å²) in [5.41, 5.74) is 4.51. The Labute approximate surface area is 222 Å². The second-order valence-corrected chi connectivity index (χ2v) is 13.4. The van der Waals surface area contributed by atoms with Crippen LogP contribution in [-0.4, -0.2) is 39.6 Å². The van der Waals surface area contributed by atoms with Gasteiger partial charge in [0.1, 0.15) is 0 Å². The number of nitrogens with two attached hydrogens (primary N) is 1. The first kappa shape index (κ1) is 38.2. The fourth-order valence-corrected chi connectivity index (χ4v) is 7.53. The van der Waals surface area contributed by atoms with Gasteiger partial charge in [-0.15, -0.1) is 0 Å². The Kier molecular flexibility index (Phi) is 41.9. The molecule has 34 heavy (non-hydrogen) atoms. The van der Waals surface area contributed by atoms with Crippen LogP contribution in [0.3, 0.4) is 0 Å². The molecule has 0 aromatic carbocycles. The van der Waals surface area contributed by atoms with E-state index in [0.29, 0.717) is 0 Å². The van der Waals surface area contributed by atoms with Gasteiger partial charge < -0.3 is 25.5 Å². The van der Waals surface area contributed by atoms with Crippen molar-refractivity contribution in [3.8, 4) is 0 Å². The molecule has 0 atom stereocenters. The van der Waals surface area contributed by atoms with Crippen LogP contribution in [-0.2, 0) is 9.59 Å². The summed E-state index contributed by atoms with van der Waals surface area (Å²) >= 11 is 0.149. The van der Waals surface area contributed by atoms with E-state index in [1.165, 1.54) is 109 Å². The van der Waals surface area contributed by atoms with Gasteiger partial charge in [0.25, 0.3) is 0 Å². The zero-order chi connectivity index (χ0) is 26.1. The Hall–Kier alpha value is -0.301. The summed E-state index contributed by atoms with van der Waals surface area (Å²) in [4.78, 5) is 19.4. The molecule has 0 aromatic heterocycles. The van der Waals surface area contributed by atoms with Gasteiger partial charge in [0.05, 0.1) is 5.97 Å². The van der Waals surface area contributed by atoms with Gasteiger partial charge in [0.2, 0.25) is 0 Å². The Morgan fingerprint density at radius 1 is 0.529 bits per heavy atom. The van der Waals surface area contributed by atoms with Crippen molar-refractivity contribution in [2.75, 3.05) is 6.54 Å². The van der Waals surface area contributed by atoms with Crippen LogP contribution in [0.4, 0.5) is 0 Å². The van der Waals surface area contributed by atoms with Crippen LogP contribution < -0.4 is 15.9 Å². The number of aliphatic carboxylic acids is 2. The van der Waals surface area contributed by atoms with E-state index in [9.17, 15) is 9.90 Å². The van der Waals surface area contributed by atoms with E-state index in [0.717, 1.165) is 12.8 Å². The molecule has 202 valence electrons. The molecule has 0 rings (SSSR count). The third-order valence-corrected chi connectivity index (χ3v) is 9.60. The summed E-state index contributed by atoms with van der Waals surface area (Å²) in [5.74, 6) is -2.12. The van der Waals surface area contributed by atoms with E-state index >= 15 is 0 Å². The van der Waals surface area contributed by atoms with Crippen LogP contribution in [0.5, 0.6) is 0 Å². The molecular weight excluding hydrogens is 533 g/mol.